The number of carbonyl (C=O) groups is 1. The summed E-state index contributed by atoms with van der Waals surface area (Å²) in [4.78, 5) is 11.8. The number of rotatable bonds is 4. The lowest BCUT2D eigenvalue weighted by molar-refractivity contribution is -0.137. The van der Waals surface area contributed by atoms with E-state index in [-0.39, 0.29) is 23.4 Å². The van der Waals surface area contributed by atoms with Crippen LogP contribution < -0.4 is 11.5 Å². The maximum atomic E-state index is 13.0. The van der Waals surface area contributed by atoms with Gasteiger partial charge in [-0.15, -0.1) is 0 Å². The largest absolute Gasteiger partial charge is 0.416 e. The zero-order chi connectivity index (χ0) is 20.5. The Hall–Kier alpha value is -2.34. The Morgan fingerprint density at radius 3 is 2.36 bits per heavy atom. The van der Waals surface area contributed by atoms with Gasteiger partial charge in [-0.1, -0.05) is 43.3 Å². The van der Waals surface area contributed by atoms with E-state index in [1.165, 1.54) is 6.07 Å². The molecule has 4 atom stereocenters. The Morgan fingerprint density at radius 1 is 1.11 bits per heavy atom. The third-order valence-corrected chi connectivity index (χ3v) is 5.95. The van der Waals surface area contributed by atoms with Gasteiger partial charge in [-0.2, -0.15) is 13.2 Å². The van der Waals surface area contributed by atoms with Gasteiger partial charge in [0.05, 0.1) is 5.56 Å². The molecule has 1 saturated carbocycles. The predicted molar refractivity (Wildman–Crippen MR) is 103 cm³/mol. The van der Waals surface area contributed by atoms with Gasteiger partial charge in [-0.3, -0.25) is 4.79 Å². The number of halogens is 3. The maximum absolute atomic E-state index is 13.0. The van der Waals surface area contributed by atoms with Gasteiger partial charge in [-0.05, 0) is 60.3 Å². The van der Waals surface area contributed by atoms with Crippen LogP contribution in [0.15, 0.2) is 48.5 Å². The van der Waals surface area contributed by atoms with Crippen LogP contribution in [0.2, 0.25) is 0 Å². The average molecular weight is 390 g/mol. The number of nitrogens with two attached hydrogens (primary N) is 2. The van der Waals surface area contributed by atoms with Gasteiger partial charge < -0.3 is 11.5 Å². The summed E-state index contributed by atoms with van der Waals surface area (Å²) in [6.07, 6.45) is -2.04. The smallest absolute Gasteiger partial charge is 0.366 e. The van der Waals surface area contributed by atoms with Crippen LogP contribution in [0.4, 0.5) is 13.2 Å². The van der Waals surface area contributed by atoms with Gasteiger partial charge in [-0.25, -0.2) is 0 Å². The molecule has 4 unspecified atom stereocenters. The molecule has 3 rings (SSSR count). The summed E-state index contributed by atoms with van der Waals surface area (Å²) in [5.74, 6) is -0.358. The van der Waals surface area contributed by atoms with Crippen LogP contribution in [-0.2, 0) is 6.18 Å². The van der Waals surface area contributed by atoms with Crippen LogP contribution >= 0.6 is 0 Å². The first-order valence-electron chi connectivity index (χ1n) is 9.50. The van der Waals surface area contributed by atoms with Crippen LogP contribution in [-0.4, -0.2) is 5.91 Å². The van der Waals surface area contributed by atoms with E-state index < -0.39 is 17.6 Å². The minimum absolute atomic E-state index is 0.0102. The van der Waals surface area contributed by atoms with Crippen molar-refractivity contribution in [3.05, 3.63) is 70.8 Å². The zero-order valence-electron chi connectivity index (χ0n) is 15.7. The van der Waals surface area contributed by atoms with E-state index in [0.717, 1.165) is 37.0 Å². The molecule has 28 heavy (non-hydrogen) atoms. The summed E-state index contributed by atoms with van der Waals surface area (Å²) in [6.45, 7) is 2.07. The zero-order valence-corrected chi connectivity index (χ0v) is 15.7. The molecular weight excluding hydrogens is 365 g/mol. The molecule has 0 saturated heterocycles. The van der Waals surface area contributed by atoms with Crippen molar-refractivity contribution in [2.75, 3.05) is 0 Å². The Kier molecular flexibility index (Phi) is 5.79. The highest BCUT2D eigenvalue weighted by Crippen LogP contribution is 2.45. The van der Waals surface area contributed by atoms with Crippen molar-refractivity contribution in [3.8, 4) is 0 Å². The first kappa shape index (κ1) is 20.4. The van der Waals surface area contributed by atoms with E-state index in [1.807, 2.05) is 30.3 Å². The summed E-state index contributed by atoms with van der Waals surface area (Å²) >= 11 is 0. The van der Waals surface area contributed by atoms with Crippen LogP contribution in [0.5, 0.6) is 0 Å². The number of hydrogen-bond acceptors (Lipinski definition) is 2. The van der Waals surface area contributed by atoms with Gasteiger partial charge in [0.2, 0.25) is 5.91 Å². The predicted octanol–water partition coefficient (Wildman–Crippen LogP) is 5.02. The van der Waals surface area contributed by atoms with Gasteiger partial charge in [0.1, 0.15) is 0 Å². The lowest BCUT2D eigenvalue weighted by atomic mass is 9.68. The van der Waals surface area contributed by atoms with Crippen molar-refractivity contribution in [2.45, 2.75) is 44.3 Å². The van der Waals surface area contributed by atoms with Crippen LogP contribution in [0, 0.1) is 11.8 Å². The van der Waals surface area contributed by atoms with E-state index in [2.05, 4.69) is 6.92 Å². The van der Waals surface area contributed by atoms with Crippen molar-refractivity contribution < 1.29 is 18.0 Å². The standard InChI is InChI=1S/C22H25F3N2O/c1-13-11-15(20(26)14-5-3-2-4-6-14)7-9-17(13)18-10-8-16(22(23,24)25)12-19(18)21(27)28/h2-6,8,10,12-13,15,17,20H,7,9,11,26H2,1H3,(H2,27,28). The number of benzene rings is 2. The molecule has 1 aliphatic carbocycles. The molecule has 1 fully saturated rings. The first-order valence-corrected chi connectivity index (χ1v) is 9.50. The Bertz CT molecular complexity index is 835. The number of hydrogen-bond donors (Lipinski definition) is 2. The van der Waals surface area contributed by atoms with Crippen LogP contribution in [0.25, 0.3) is 0 Å². The quantitative estimate of drug-likeness (QED) is 0.769. The molecule has 2 aromatic rings. The molecule has 0 aromatic heterocycles. The summed E-state index contributed by atoms with van der Waals surface area (Å²) in [7, 11) is 0. The van der Waals surface area contributed by atoms with E-state index >= 15 is 0 Å². The van der Waals surface area contributed by atoms with E-state index in [1.54, 1.807) is 0 Å². The molecule has 2 aromatic carbocycles. The third kappa shape index (κ3) is 4.22. The summed E-state index contributed by atoms with van der Waals surface area (Å²) in [5, 5.41) is 0. The van der Waals surface area contributed by atoms with Gasteiger partial charge in [0.25, 0.3) is 0 Å². The fraction of sp³-hybridized carbons (Fsp3) is 0.409. The molecule has 150 valence electrons. The molecular formula is C22H25F3N2O. The molecule has 1 amide bonds. The molecule has 4 N–H and O–H groups in total. The van der Waals surface area contributed by atoms with Crippen LogP contribution in [0.1, 0.15) is 65.2 Å². The van der Waals surface area contributed by atoms with Gasteiger partial charge in [0, 0.05) is 11.6 Å². The van der Waals surface area contributed by atoms with Gasteiger partial charge >= 0.3 is 6.18 Å². The second-order valence-corrected chi connectivity index (χ2v) is 7.76. The SMILES string of the molecule is CC1CC(C(N)c2ccccc2)CCC1c1ccc(C(F)(F)F)cc1C(N)=O. The Morgan fingerprint density at radius 2 is 1.79 bits per heavy atom. The highest BCUT2D eigenvalue weighted by molar-refractivity contribution is 5.94. The van der Waals surface area contributed by atoms with E-state index in [4.69, 9.17) is 11.5 Å². The fourth-order valence-corrected chi connectivity index (χ4v) is 4.44. The highest BCUT2D eigenvalue weighted by atomic mass is 19.4. The summed E-state index contributed by atoms with van der Waals surface area (Å²) < 4.78 is 39.1. The Labute approximate surface area is 162 Å². The molecule has 1 aliphatic rings. The summed E-state index contributed by atoms with van der Waals surface area (Å²) in [5.41, 5.74) is 12.7. The topological polar surface area (TPSA) is 69.1 Å². The highest BCUT2D eigenvalue weighted by Gasteiger charge is 2.36. The molecule has 0 aliphatic heterocycles. The molecule has 3 nitrogen and oxygen atoms in total. The lowest BCUT2D eigenvalue weighted by Crippen LogP contribution is -2.30. The normalized spacial score (nSPS) is 24.0. The fourth-order valence-electron chi connectivity index (χ4n) is 4.44. The molecule has 0 bridgehead atoms. The second-order valence-electron chi connectivity index (χ2n) is 7.76. The summed E-state index contributed by atoms with van der Waals surface area (Å²) in [6, 6.07) is 13.2. The first-order chi connectivity index (χ1) is 13.2. The molecule has 0 radical (unpaired) electrons. The lowest BCUT2D eigenvalue weighted by Gasteiger charge is -2.38. The minimum atomic E-state index is -4.51. The van der Waals surface area contributed by atoms with Crippen molar-refractivity contribution in [2.24, 2.45) is 23.3 Å². The maximum Gasteiger partial charge on any atom is 0.416 e. The van der Waals surface area contributed by atoms with Gasteiger partial charge in [0.15, 0.2) is 0 Å². The van der Waals surface area contributed by atoms with E-state index in [9.17, 15) is 18.0 Å². The van der Waals surface area contributed by atoms with Crippen molar-refractivity contribution in [1.29, 1.82) is 0 Å². The number of amides is 1. The van der Waals surface area contributed by atoms with E-state index in [0.29, 0.717) is 11.5 Å². The number of carbonyl (C=O) groups excluding carboxylic acids is 1. The third-order valence-electron chi connectivity index (χ3n) is 5.95. The second kappa shape index (κ2) is 7.95. The van der Waals surface area contributed by atoms with Crippen molar-refractivity contribution in [1.82, 2.24) is 0 Å². The van der Waals surface area contributed by atoms with Crippen LogP contribution in [0.3, 0.4) is 0 Å². The number of alkyl halides is 3. The molecule has 0 spiro atoms. The van der Waals surface area contributed by atoms with Crippen molar-refractivity contribution >= 4 is 5.91 Å². The monoisotopic (exact) mass is 390 g/mol. The molecule has 6 heteroatoms. The average Bonchev–Trinajstić information content (AvgIpc) is 2.67. The minimum Gasteiger partial charge on any atom is -0.366 e. The van der Waals surface area contributed by atoms with Crippen molar-refractivity contribution in [3.63, 3.8) is 0 Å². The Balaban J connectivity index is 1.82. The molecule has 0 heterocycles. The number of primary amides is 1.